The lowest BCUT2D eigenvalue weighted by molar-refractivity contribution is 0.519. The summed E-state index contributed by atoms with van der Waals surface area (Å²) in [7, 11) is 0. The largest absolute Gasteiger partial charge is 0.323 e. The van der Waals surface area contributed by atoms with Crippen molar-refractivity contribution < 1.29 is 0 Å². The molecular formula is C14H18N2. The van der Waals surface area contributed by atoms with Crippen molar-refractivity contribution in [2.45, 2.75) is 38.6 Å². The van der Waals surface area contributed by atoms with Crippen LogP contribution in [-0.4, -0.2) is 0 Å². The highest BCUT2D eigenvalue weighted by molar-refractivity contribution is 5.31. The molecule has 2 N–H and O–H groups in total. The monoisotopic (exact) mass is 214 g/mol. The molecule has 0 radical (unpaired) electrons. The molecule has 84 valence electrons. The molecule has 16 heavy (non-hydrogen) atoms. The van der Waals surface area contributed by atoms with Crippen LogP contribution >= 0.6 is 0 Å². The van der Waals surface area contributed by atoms with E-state index < -0.39 is 0 Å². The van der Waals surface area contributed by atoms with Gasteiger partial charge in [0, 0.05) is 6.04 Å². The predicted molar refractivity (Wildman–Crippen MR) is 64.7 cm³/mol. The Balaban J connectivity index is 2.20. The second kappa shape index (κ2) is 3.92. The minimum absolute atomic E-state index is 0.126. The maximum absolute atomic E-state index is 9.10. The summed E-state index contributed by atoms with van der Waals surface area (Å²) in [6, 6.07) is 10.6. The van der Waals surface area contributed by atoms with Gasteiger partial charge in [0.1, 0.15) is 0 Å². The lowest BCUT2D eigenvalue weighted by Crippen LogP contribution is -2.21. The number of nitrogens with two attached hydrogens (primary N) is 1. The molecule has 1 aromatic carbocycles. The van der Waals surface area contributed by atoms with E-state index in [9.17, 15) is 0 Å². The molecule has 0 amide bonds. The number of hydrogen-bond donors (Lipinski definition) is 1. The van der Waals surface area contributed by atoms with Gasteiger partial charge >= 0.3 is 0 Å². The fourth-order valence-corrected chi connectivity index (χ4v) is 2.03. The van der Waals surface area contributed by atoms with E-state index in [1.807, 2.05) is 0 Å². The third-order valence-corrected chi connectivity index (χ3v) is 3.57. The van der Waals surface area contributed by atoms with Crippen LogP contribution in [-0.2, 0) is 0 Å². The molecule has 1 atom stereocenters. The molecule has 1 aliphatic rings. The molecule has 2 nitrogen and oxygen atoms in total. The summed E-state index contributed by atoms with van der Waals surface area (Å²) in [6.07, 6.45) is 1.88. The molecule has 2 rings (SSSR count). The van der Waals surface area contributed by atoms with E-state index >= 15 is 0 Å². The third kappa shape index (κ3) is 1.83. The molecule has 2 heteroatoms. The predicted octanol–water partition coefficient (Wildman–Crippen LogP) is 3.11. The Morgan fingerprint density at radius 3 is 2.06 bits per heavy atom. The highest BCUT2D eigenvalue weighted by atomic mass is 14.7. The lowest BCUT2D eigenvalue weighted by Gasteiger charge is -2.17. The number of rotatable bonds is 3. The first-order chi connectivity index (χ1) is 7.59. The average molecular weight is 214 g/mol. The summed E-state index contributed by atoms with van der Waals surface area (Å²) in [5, 5.41) is 9.10. The minimum Gasteiger partial charge on any atom is -0.323 e. The van der Waals surface area contributed by atoms with E-state index in [0.717, 1.165) is 18.4 Å². The van der Waals surface area contributed by atoms with Gasteiger partial charge in [-0.3, -0.25) is 0 Å². The topological polar surface area (TPSA) is 49.8 Å². The zero-order chi connectivity index (χ0) is 11.8. The SMILES string of the molecule is CC(C)c1ccc(C(N)C2(C#N)CC2)cc1. The molecular weight excluding hydrogens is 196 g/mol. The molecule has 1 aromatic rings. The van der Waals surface area contributed by atoms with Crippen molar-refractivity contribution in [3.8, 4) is 6.07 Å². The minimum atomic E-state index is -0.278. The van der Waals surface area contributed by atoms with E-state index in [0.29, 0.717) is 5.92 Å². The smallest absolute Gasteiger partial charge is 0.0767 e. The summed E-state index contributed by atoms with van der Waals surface area (Å²) in [4.78, 5) is 0. The Morgan fingerprint density at radius 1 is 1.19 bits per heavy atom. The Kier molecular flexibility index (Phi) is 2.73. The molecule has 0 bridgehead atoms. The summed E-state index contributed by atoms with van der Waals surface area (Å²) in [5.74, 6) is 0.538. The van der Waals surface area contributed by atoms with Crippen LogP contribution in [0.5, 0.6) is 0 Å². The van der Waals surface area contributed by atoms with E-state index in [2.05, 4.69) is 44.2 Å². The van der Waals surface area contributed by atoms with Crippen LogP contribution in [0.15, 0.2) is 24.3 Å². The summed E-state index contributed by atoms with van der Waals surface area (Å²) in [5.41, 5.74) is 8.27. The van der Waals surface area contributed by atoms with Gasteiger partial charge in [-0.15, -0.1) is 0 Å². The van der Waals surface area contributed by atoms with Crippen LogP contribution in [0.25, 0.3) is 0 Å². The van der Waals surface area contributed by atoms with E-state index in [1.165, 1.54) is 5.56 Å². The second-order valence-corrected chi connectivity index (χ2v) is 5.07. The van der Waals surface area contributed by atoms with Crippen molar-refractivity contribution in [2.75, 3.05) is 0 Å². The van der Waals surface area contributed by atoms with Crippen LogP contribution in [0.2, 0.25) is 0 Å². The second-order valence-electron chi connectivity index (χ2n) is 5.07. The maximum Gasteiger partial charge on any atom is 0.0767 e. The highest BCUT2D eigenvalue weighted by Crippen LogP contribution is 2.53. The van der Waals surface area contributed by atoms with Crippen LogP contribution in [0.4, 0.5) is 0 Å². The summed E-state index contributed by atoms with van der Waals surface area (Å²) >= 11 is 0. The number of nitrogens with zero attached hydrogens (tertiary/aromatic N) is 1. The van der Waals surface area contributed by atoms with Gasteiger partial charge in [-0.05, 0) is 29.9 Å². The first-order valence-corrected chi connectivity index (χ1v) is 5.86. The fourth-order valence-electron chi connectivity index (χ4n) is 2.03. The average Bonchev–Trinajstić information content (AvgIpc) is 3.09. The van der Waals surface area contributed by atoms with Gasteiger partial charge in [-0.2, -0.15) is 5.26 Å². The first-order valence-electron chi connectivity index (χ1n) is 5.86. The van der Waals surface area contributed by atoms with Gasteiger partial charge in [0.2, 0.25) is 0 Å². The van der Waals surface area contributed by atoms with Crippen molar-refractivity contribution >= 4 is 0 Å². The Bertz CT molecular complexity index is 407. The van der Waals surface area contributed by atoms with E-state index in [-0.39, 0.29) is 11.5 Å². The van der Waals surface area contributed by atoms with Gasteiger partial charge in [-0.1, -0.05) is 38.1 Å². The number of nitriles is 1. The zero-order valence-corrected chi connectivity index (χ0v) is 9.90. The van der Waals surface area contributed by atoms with Gasteiger partial charge in [-0.25, -0.2) is 0 Å². The van der Waals surface area contributed by atoms with Gasteiger partial charge in [0.05, 0.1) is 11.5 Å². The Hall–Kier alpha value is -1.33. The van der Waals surface area contributed by atoms with Crippen LogP contribution in [0.3, 0.4) is 0 Å². The quantitative estimate of drug-likeness (QED) is 0.840. The van der Waals surface area contributed by atoms with Crippen LogP contribution < -0.4 is 5.73 Å². The molecule has 1 unspecified atom stereocenters. The van der Waals surface area contributed by atoms with Crippen molar-refractivity contribution in [3.05, 3.63) is 35.4 Å². The molecule has 0 aromatic heterocycles. The van der Waals surface area contributed by atoms with Crippen molar-refractivity contribution in [2.24, 2.45) is 11.1 Å². The Labute approximate surface area is 97.1 Å². The molecule has 0 heterocycles. The van der Waals surface area contributed by atoms with Crippen molar-refractivity contribution in [1.82, 2.24) is 0 Å². The fraction of sp³-hybridized carbons (Fsp3) is 0.500. The highest BCUT2D eigenvalue weighted by Gasteiger charge is 2.49. The van der Waals surface area contributed by atoms with Crippen molar-refractivity contribution in [1.29, 1.82) is 5.26 Å². The Morgan fingerprint density at radius 2 is 1.69 bits per heavy atom. The molecule has 1 fully saturated rings. The van der Waals surface area contributed by atoms with E-state index in [1.54, 1.807) is 0 Å². The molecule has 1 aliphatic carbocycles. The first kappa shape index (κ1) is 11.2. The molecule has 0 saturated heterocycles. The third-order valence-electron chi connectivity index (χ3n) is 3.57. The van der Waals surface area contributed by atoms with Crippen LogP contribution in [0.1, 0.15) is 49.8 Å². The molecule has 0 spiro atoms. The maximum atomic E-state index is 9.10. The number of benzene rings is 1. The van der Waals surface area contributed by atoms with Gasteiger partial charge < -0.3 is 5.73 Å². The standard InChI is InChI=1S/C14H18N2/c1-10(2)11-3-5-12(6-4-11)13(16)14(9-15)7-8-14/h3-6,10,13H,7-8,16H2,1-2H3. The summed E-state index contributed by atoms with van der Waals surface area (Å²) in [6.45, 7) is 4.35. The zero-order valence-electron chi connectivity index (χ0n) is 9.90. The molecule has 0 aliphatic heterocycles. The summed E-state index contributed by atoms with van der Waals surface area (Å²) < 4.78 is 0. The van der Waals surface area contributed by atoms with E-state index in [4.69, 9.17) is 11.0 Å². The van der Waals surface area contributed by atoms with Crippen LogP contribution in [0, 0.1) is 16.7 Å². The van der Waals surface area contributed by atoms with Gasteiger partial charge in [0.15, 0.2) is 0 Å². The number of hydrogen-bond acceptors (Lipinski definition) is 2. The van der Waals surface area contributed by atoms with Crippen molar-refractivity contribution in [3.63, 3.8) is 0 Å². The van der Waals surface area contributed by atoms with Gasteiger partial charge in [0.25, 0.3) is 0 Å². The lowest BCUT2D eigenvalue weighted by atomic mass is 9.90. The normalized spacial score (nSPS) is 19.2. The molecule has 1 saturated carbocycles.